The van der Waals surface area contributed by atoms with Gasteiger partial charge in [0.05, 0.1) is 0 Å². The molecular formula is C12H17N5O2. The Morgan fingerprint density at radius 3 is 2.68 bits per heavy atom. The Hall–Kier alpha value is -2.15. The zero-order valence-electron chi connectivity index (χ0n) is 10.8. The molecule has 0 aliphatic carbocycles. The van der Waals surface area contributed by atoms with Gasteiger partial charge in [0.1, 0.15) is 0 Å². The smallest absolute Gasteiger partial charge is 0.329 e. The van der Waals surface area contributed by atoms with Gasteiger partial charge in [-0.3, -0.25) is 14.0 Å². The summed E-state index contributed by atoms with van der Waals surface area (Å²) in [6.45, 7) is 1.01. The third-order valence-corrected chi connectivity index (χ3v) is 3.02. The van der Waals surface area contributed by atoms with Crippen LogP contribution in [0, 0.1) is 0 Å². The number of aromatic nitrogens is 4. The zero-order valence-corrected chi connectivity index (χ0v) is 10.8. The zero-order chi connectivity index (χ0) is 13.8. The fourth-order valence-corrected chi connectivity index (χ4v) is 1.94. The first-order valence-corrected chi connectivity index (χ1v) is 6.10. The van der Waals surface area contributed by atoms with Gasteiger partial charge < -0.3 is 10.3 Å². The van der Waals surface area contributed by atoms with Crippen LogP contribution in [0.4, 0.5) is 0 Å². The molecule has 0 amide bonds. The number of aryl methyl sites for hydroxylation is 3. The van der Waals surface area contributed by atoms with Gasteiger partial charge in [-0.05, 0) is 6.07 Å². The van der Waals surface area contributed by atoms with Gasteiger partial charge in [0.2, 0.25) is 0 Å². The first kappa shape index (κ1) is 13.3. The maximum atomic E-state index is 12.1. The summed E-state index contributed by atoms with van der Waals surface area (Å²) in [6.07, 6.45) is 3.92. The van der Waals surface area contributed by atoms with Crippen LogP contribution in [0.5, 0.6) is 0 Å². The fraction of sp³-hybridized carbons (Fsp3) is 0.417. The Kier molecular flexibility index (Phi) is 3.96. The van der Waals surface area contributed by atoms with Crippen LogP contribution in [-0.4, -0.2) is 25.5 Å². The van der Waals surface area contributed by atoms with E-state index in [-0.39, 0.29) is 24.3 Å². The SMILES string of the molecule is Cn1nccc1CCn1ccc(=O)n(CCN)c1=O. The van der Waals surface area contributed by atoms with Crippen molar-refractivity contribution in [1.82, 2.24) is 18.9 Å². The van der Waals surface area contributed by atoms with Gasteiger partial charge in [-0.2, -0.15) is 5.10 Å². The highest BCUT2D eigenvalue weighted by Gasteiger charge is 2.05. The fourth-order valence-electron chi connectivity index (χ4n) is 1.94. The third kappa shape index (κ3) is 2.82. The topological polar surface area (TPSA) is 87.8 Å². The van der Waals surface area contributed by atoms with Crippen LogP contribution >= 0.6 is 0 Å². The van der Waals surface area contributed by atoms with Gasteiger partial charge in [0, 0.05) is 57.3 Å². The van der Waals surface area contributed by atoms with Crippen molar-refractivity contribution in [2.45, 2.75) is 19.5 Å². The summed E-state index contributed by atoms with van der Waals surface area (Å²) in [5.74, 6) is 0. The summed E-state index contributed by atoms with van der Waals surface area (Å²) in [5.41, 5.74) is 5.80. The normalized spacial score (nSPS) is 10.8. The van der Waals surface area contributed by atoms with Gasteiger partial charge in [0.25, 0.3) is 5.56 Å². The summed E-state index contributed by atoms with van der Waals surface area (Å²) >= 11 is 0. The molecule has 19 heavy (non-hydrogen) atoms. The number of hydrogen-bond acceptors (Lipinski definition) is 4. The van der Waals surface area contributed by atoms with Crippen LogP contribution < -0.4 is 17.0 Å². The van der Waals surface area contributed by atoms with E-state index < -0.39 is 0 Å². The van der Waals surface area contributed by atoms with Crippen LogP contribution in [0.3, 0.4) is 0 Å². The summed E-state index contributed by atoms with van der Waals surface area (Å²) in [5, 5.41) is 4.07. The summed E-state index contributed by atoms with van der Waals surface area (Å²) in [7, 11) is 1.85. The molecule has 2 N–H and O–H groups in total. The first-order chi connectivity index (χ1) is 9.13. The molecule has 0 aliphatic rings. The molecule has 0 atom stereocenters. The van der Waals surface area contributed by atoms with Crippen molar-refractivity contribution in [3.63, 3.8) is 0 Å². The van der Waals surface area contributed by atoms with Crippen molar-refractivity contribution < 1.29 is 0 Å². The molecule has 0 bridgehead atoms. The van der Waals surface area contributed by atoms with E-state index in [4.69, 9.17) is 5.73 Å². The second kappa shape index (κ2) is 5.66. The second-order valence-electron chi connectivity index (χ2n) is 4.27. The maximum absolute atomic E-state index is 12.1. The first-order valence-electron chi connectivity index (χ1n) is 6.10. The molecule has 0 unspecified atom stereocenters. The second-order valence-corrected chi connectivity index (χ2v) is 4.27. The minimum absolute atomic E-state index is 0.240. The van der Waals surface area contributed by atoms with Gasteiger partial charge >= 0.3 is 5.69 Å². The van der Waals surface area contributed by atoms with Crippen LogP contribution in [-0.2, 0) is 26.6 Å². The van der Waals surface area contributed by atoms with Crippen molar-refractivity contribution in [1.29, 1.82) is 0 Å². The lowest BCUT2D eigenvalue weighted by Gasteiger charge is -2.09. The number of hydrogen-bond donors (Lipinski definition) is 1. The van der Waals surface area contributed by atoms with E-state index in [9.17, 15) is 9.59 Å². The molecule has 2 aromatic heterocycles. The quantitative estimate of drug-likeness (QED) is 0.745. The van der Waals surface area contributed by atoms with Crippen molar-refractivity contribution in [3.05, 3.63) is 51.1 Å². The predicted molar refractivity (Wildman–Crippen MR) is 70.9 cm³/mol. The van der Waals surface area contributed by atoms with Gasteiger partial charge in [0.15, 0.2) is 0 Å². The largest absolute Gasteiger partial charge is 0.331 e. The number of nitrogens with two attached hydrogens (primary N) is 1. The molecule has 102 valence electrons. The Labute approximate surface area is 109 Å². The molecule has 7 nitrogen and oxygen atoms in total. The highest BCUT2D eigenvalue weighted by molar-refractivity contribution is 5.00. The third-order valence-electron chi connectivity index (χ3n) is 3.02. The molecule has 0 saturated heterocycles. The predicted octanol–water partition coefficient (Wildman–Crippen LogP) is -1.06. The van der Waals surface area contributed by atoms with E-state index in [0.29, 0.717) is 13.0 Å². The molecule has 0 aliphatic heterocycles. The Balaban J connectivity index is 2.22. The lowest BCUT2D eigenvalue weighted by atomic mass is 10.3. The van der Waals surface area contributed by atoms with Crippen LogP contribution in [0.15, 0.2) is 34.1 Å². The van der Waals surface area contributed by atoms with Crippen molar-refractivity contribution in [2.75, 3.05) is 6.54 Å². The molecule has 7 heteroatoms. The molecular weight excluding hydrogens is 246 g/mol. The molecule has 0 fully saturated rings. The van der Waals surface area contributed by atoms with Crippen molar-refractivity contribution in [2.24, 2.45) is 12.8 Å². The summed E-state index contributed by atoms with van der Waals surface area (Å²) in [6, 6.07) is 3.29. The van der Waals surface area contributed by atoms with Crippen molar-refractivity contribution in [3.8, 4) is 0 Å². The monoisotopic (exact) mass is 263 g/mol. The van der Waals surface area contributed by atoms with E-state index in [1.54, 1.807) is 10.9 Å². The molecule has 2 rings (SSSR count). The molecule has 0 spiro atoms. The van der Waals surface area contributed by atoms with E-state index in [1.807, 2.05) is 13.1 Å². The Bertz CT molecular complexity index is 667. The summed E-state index contributed by atoms with van der Waals surface area (Å²) in [4.78, 5) is 23.6. The van der Waals surface area contributed by atoms with Crippen LogP contribution in [0.2, 0.25) is 0 Å². The van der Waals surface area contributed by atoms with Crippen LogP contribution in [0.1, 0.15) is 5.69 Å². The number of nitrogens with zero attached hydrogens (tertiary/aromatic N) is 4. The minimum Gasteiger partial charge on any atom is -0.329 e. The standard InChI is InChI=1S/C12H17N5O2/c1-15-10(2-6-14-15)3-7-16-8-4-11(18)17(9-5-13)12(16)19/h2,4,6,8H,3,5,7,9,13H2,1H3. The van der Waals surface area contributed by atoms with E-state index >= 15 is 0 Å². The Morgan fingerprint density at radius 2 is 2.05 bits per heavy atom. The van der Waals surface area contributed by atoms with E-state index in [1.165, 1.54) is 16.8 Å². The van der Waals surface area contributed by atoms with Crippen LogP contribution in [0.25, 0.3) is 0 Å². The average molecular weight is 263 g/mol. The highest BCUT2D eigenvalue weighted by atomic mass is 16.2. The lowest BCUT2D eigenvalue weighted by Crippen LogP contribution is -2.40. The number of rotatable bonds is 5. The molecule has 2 heterocycles. The van der Waals surface area contributed by atoms with Gasteiger partial charge in [-0.1, -0.05) is 0 Å². The minimum atomic E-state index is -0.319. The molecule has 0 aromatic carbocycles. The molecule has 0 saturated carbocycles. The molecule has 2 aromatic rings. The average Bonchev–Trinajstić information content (AvgIpc) is 2.79. The van der Waals surface area contributed by atoms with E-state index in [0.717, 1.165) is 10.3 Å². The lowest BCUT2D eigenvalue weighted by molar-refractivity contribution is 0.545. The summed E-state index contributed by atoms with van der Waals surface area (Å²) < 4.78 is 4.44. The van der Waals surface area contributed by atoms with Crippen molar-refractivity contribution >= 4 is 0 Å². The molecule has 0 radical (unpaired) electrons. The van der Waals surface area contributed by atoms with Gasteiger partial charge in [-0.25, -0.2) is 4.79 Å². The highest BCUT2D eigenvalue weighted by Crippen LogP contribution is 1.98. The Morgan fingerprint density at radius 1 is 1.26 bits per heavy atom. The maximum Gasteiger partial charge on any atom is 0.331 e. The van der Waals surface area contributed by atoms with E-state index in [2.05, 4.69) is 5.10 Å². The van der Waals surface area contributed by atoms with Gasteiger partial charge in [-0.15, -0.1) is 0 Å².